The van der Waals surface area contributed by atoms with E-state index in [-0.39, 0.29) is 23.9 Å². The van der Waals surface area contributed by atoms with Gasteiger partial charge in [-0.05, 0) is 60.5 Å². The van der Waals surface area contributed by atoms with E-state index in [1.54, 1.807) is 96.8 Å². The number of amides is 1. The van der Waals surface area contributed by atoms with E-state index in [0.717, 1.165) is 5.56 Å². The number of rotatable bonds is 14. The second-order valence-corrected chi connectivity index (χ2v) is 9.70. The third-order valence-electron chi connectivity index (χ3n) is 6.74. The maximum absolute atomic E-state index is 13.3. The van der Waals surface area contributed by atoms with E-state index < -0.39 is 12.0 Å². The van der Waals surface area contributed by atoms with Crippen LogP contribution in [0.4, 0.5) is 15.8 Å². The molecule has 0 fully saturated rings. The summed E-state index contributed by atoms with van der Waals surface area (Å²) in [6, 6.07) is 27.8. The van der Waals surface area contributed by atoms with Crippen molar-refractivity contribution < 1.29 is 28.6 Å². The molecule has 0 unspecified atom stereocenters. The molecule has 4 rings (SSSR count). The molecule has 0 saturated heterocycles. The number of benzene rings is 4. The first-order chi connectivity index (χ1) is 20.4. The Bertz CT molecular complexity index is 1490. The lowest BCUT2D eigenvalue weighted by atomic mass is 10.00. The second kappa shape index (κ2) is 14.6. The van der Waals surface area contributed by atoms with E-state index in [9.17, 15) is 23.9 Å². The van der Waals surface area contributed by atoms with Gasteiger partial charge in [-0.3, -0.25) is 9.59 Å². The lowest BCUT2D eigenvalue weighted by molar-refractivity contribution is -0.137. The summed E-state index contributed by atoms with van der Waals surface area (Å²) >= 11 is 0. The Balaban J connectivity index is 1.34. The van der Waals surface area contributed by atoms with Crippen molar-refractivity contribution in [3.63, 3.8) is 0 Å². The zero-order valence-corrected chi connectivity index (χ0v) is 23.3. The summed E-state index contributed by atoms with van der Waals surface area (Å²) in [4.78, 5) is 39.2. The number of anilines is 2. The van der Waals surface area contributed by atoms with Gasteiger partial charge in [0.25, 0.3) is 0 Å². The van der Waals surface area contributed by atoms with Crippen LogP contribution < -0.4 is 15.0 Å². The van der Waals surface area contributed by atoms with Gasteiger partial charge in [0.2, 0.25) is 5.91 Å². The van der Waals surface area contributed by atoms with Gasteiger partial charge in [-0.2, -0.15) is 0 Å². The van der Waals surface area contributed by atoms with Crippen molar-refractivity contribution in [3.8, 4) is 5.75 Å². The summed E-state index contributed by atoms with van der Waals surface area (Å²) < 4.78 is 19.1. The summed E-state index contributed by atoms with van der Waals surface area (Å²) in [7, 11) is 0. The van der Waals surface area contributed by atoms with Crippen LogP contribution in [-0.4, -0.2) is 42.0 Å². The monoisotopic (exact) mass is 568 g/mol. The fraction of sp³-hybridized carbons (Fsp3) is 0.206. The summed E-state index contributed by atoms with van der Waals surface area (Å²) in [5.74, 6) is -1.02. The maximum Gasteiger partial charge on any atom is 0.326 e. The third kappa shape index (κ3) is 8.04. The van der Waals surface area contributed by atoms with Gasteiger partial charge in [0.05, 0.1) is 6.61 Å². The fourth-order valence-corrected chi connectivity index (χ4v) is 4.52. The Kier molecular flexibility index (Phi) is 10.4. The highest BCUT2D eigenvalue weighted by Crippen LogP contribution is 2.22. The van der Waals surface area contributed by atoms with E-state index in [1.807, 2.05) is 6.07 Å². The minimum absolute atomic E-state index is 0.0559. The number of carboxylic acids is 1. The molecule has 2 N–H and O–H groups in total. The minimum Gasteiger partial charge on any atom is -0.494 e. The number of ether oxygens (including phenoxy) is 1. The molecule has 0 aliphatic carbocycles. The predicted octanol–water partition coefficient (Wildman–Crippen LogP) is 6.38. The summed E-state index contributed by atoms with van der Waals surface area (Å²) in [5, 5.41) is 13.0. The van der Waals surface area contributed by atoms with E-state index in [2.05, 4.69) is 5.32 Å². The van der Waals surface area contributed by atoms with Crippen LogP contribution in [-0.2, 0) is 16.0 Å². The van der Waals surface area contributed by atoms with Gasteiger partial charge in [-0.15, -0.1) is 0 Å². The first-order valence-corrected chi connectivity index (χ1v) is 13.8. The summed E-state index contributed by atoms with van der Waals surface area (Å²) in [6.45, 7) is 2.57. The first kappa shape index (κ1) is 30.0. The fourth-order valence-electron chi connectivity index (χ4n) is 4.52. The standard InChI is InChI=1S/C34H33FN2O5/c1-2-32(38)37(27-17-15-26(35)16-18-27)21-8-22-42-28-19-13-24(14-20-28)23-31(34(40)41)36-30-12-7-6-11-29(30)33(39)25-9-4-3-5-10-25/h3-7,9-20,31,36H,2,8,21-23H2,1H3,(H,40,41)/t31-/m0/s1. The molecule has 0 aromatic heterocycles. The molecule has 4 aromatic rings. The van der Waals surface area contributed by atoms with Crippen LogP contribution in [0.15, 0.2) is 103 Å². The Morgan fingerprint density at radius 1 is 0.881 bits per heavy atom. The SMILES string of the molecule is CCC(=O)N(CCCOc1ccc(C[C@H](Nc2ccccc2C(=O)c2ccccc2)C(=O)O)cc1)c1ccc(F)cc1. The number of aliphatic carboxylic acids is 1. The van der Waals surface area contributed by atoms with Crippen LogP contribution in [0.25, 0.3) is 0 Å². The van der Waals surface area contributed by atoms with Gasteiger partial charge >= 0.3 is 5.97 Å². The number of hydrogen-bond donors (Lipinski definition) is 2. The molecule has 42 heavy (non-hydrogen) atoms. The van der Waals surface area contributed by atoms with Gasteiger partial charge in [-0.25, -0.2) is 9.18 Å². The number of halogens is 1. The summed E-state index contributed by atoms with van der Waals surface area (Å²) in [5.41, 5.74) is 2.80. The Morgan fingerprint density at radius 3 is 2.21 bits per heavy atom. The molecule has 0 heterocycles. The highest BCUT2D eigenvalue weighted by molar-refractivity contribution is 6.12. The molecule has 0 aliphatic heterocycles. The van der Waals surface area contributed by atoms with Crippen molar-refractivity contribution >= 4 is 29.0 Å². The average molecular weight is 569 g/mol. The number of nitrogens with one attached hydrogen (secondary N) is 1. The quantitative estimate of drug-likeness (QED) is 0.135. The van der Waals surface area contributed by atoms with Gasteiger partial charge in [0.1, 0.15) is 17.6 Å². The van der Waals surface area contributed by atoms with Crippen LogP contribution in [0.5, 0.6) is 5.75 Å². The van der Waals surface area contributed by atoms with Gasteiger partial charge in [0, 0.05) is 41.9 Å². The molecule has 4 aromatic carbocycles. The molecule has 0 saturated carbocycles. The molecule has 1 amide bonds. The number of hydrogen-bond acceptors (Lipinski definition) is 5. The molecule has 216 valence electrons. The van der Waals surface area contributed by atoms with E-state index >= 15 is 0 Å². The van der Waals surface area contributed by atoms with Crippen molar-refractivity contribution in [2.24, 2.45) is 0 Å². The normalized spacial score (nSPS) is 11.4. The zero-order chi connectivity index (χ0) is 29.9. The predicted molar refractivity (Wildman–Crippen MR) is 161 cm³/mol. The Labute approximate surface area is 244 Å². The number of ketones is 1. The lowest BCUT2D eigenvalue weighted by Crippen LogP contribution is -2.32. The van der Waals surface area contributed by atoms with Gasteiger partial charge in [-0.1, -0.05) is 61.5 Å². The van der Waals surface area contributed by atoms with Crippen LogP contribution >= 0.6 is 0 Å². The van der Waals surface area contributed by atoms with E-state index in [1.165, 1.54) is 12.1 Å². The molecular weight excluding hydrogens is 535 g/mol. The number of carbonyl (C=O) groups excluding carboxylic acids is 2. The Morgan fingerprint density at radius 2 is 1.55 bits per heavy atom. The number of para-hydroxylation sites is 1. The smallest absolute Gasteiger partial charge is 0.326 e. The van der Waals surface area contributed by atoms with Gasteiger partial charge in [0.15, 0.2) is 5.78 Å². The molecule has 0 radical (unpaired) electrons. The molecule has 7 nitrogen and oxygen atoms in total. The van der Waals surface area contributed by atoms with E-state index in [4.69, 9.17) is 4.74 Å². The van der Waals surface area contributed by atoms with Crippen molar-refractivity contribution in [2.45, 2.75) is 32.2 Å². The second-order valence-electron chi connectivity index (χ2n) is 9.70. The van der Waals surface area contributed by atoms with Crippen molar-refractivity contribution in [2.75, 3.05) is 23.4 Å². The zero-order valence-electron chi connectivity index (χ0n) is 23.3. The highest BCUT2D eigenvalue weighted by Gasteiger charge is 2.21. The third-order valence-corrected chi connectivity index (χ3v) is 6.74. The van der Waals surface area contributed by atoms with Crippen molar-refractivity contribution in [1.29, 1.82) is 0 Å². The largest absolute Gasteiger partial charge is 0.494 e. The van der Waals surface area contributed by atoms with Gasteiger partial charge < -0.3 is 20.1 Å². The highest BCUT2D eigenvalue weighted by atomic mass is 19.1. The molecule has 1 atom stereocenters. The topological polar surface area (TPSA) is 95.9 Å². The van der Waals surface area contributed by atoms with Crippen LogP contribution in [0.2, 0.25) is 0 Å². The molecule has 0 spiro atoms. The maximum atomic E-state index is 13.3. The first-order valence-electron chi connectivity index (χ1n) is 13.8. The minimum atomic E-state index is -1.04. The number of nitrogens with zero attached hydrogens (tertiary/aromatic N) is 1. The number of carbonyl (C=O) groups is 3. The average Bonchev–Trinajstić information content (AvgIpc) is 3.02. The van der Waals surface area contributed by atoms with Crippen molar-refractivity contribution in [1.82, 2.24) is 0 Å². The van der Waals surface area contributed by atoms with Crippen molar-refractivity contribution in [3.05, 3.63) is 126 Å². The molecule has 0 bridgehead atoms. The van der Waals surface area contributed by atoms with Crippen LogP contribution in [0.1, 0.15) is 41.3 Å². The summed E-state index contributed by atoms with van der Waals surface area (Å²) in [6.07, 6.45) is 1.09. The lowest BCUT2D eigenvalue weighted by Gasteiger charge is -2.22. The Hall–Kier alpha value is -4.98. The molecule has 0 aliphatic rings. The van der Waals surface area contributed by atoms with Crippen LogP contribution in [0, 0.1) is 5.82 Å². The molecular formula is C34H33FN2O5. The molecule has 8 heteroatoms. The number of carboxylic acid groups (broad SMARTS) is 1. The van der Waals surface area contributed by atoms with Crippen LogP contribution in [0.3, 0.4) is 0 Å². The van der Waals surface area contributed by atoms with E-state index in [0.29, 0.717) is 54.2 Å².